The average Bonchev–Trinajstić information content (AvgIpc) is 3.07. The first-order chi connectivity index (χ1) is 14.9. The van der Waals surface area contributed by atoms with Gasteiger partial charge in [0, 0.05) is 5.56 Å². The van der Waals surface area contributed by atoms with Gasteiger partial charge in [-0.2, -0.15) is 0 Å². The van der Waals surface area contributed by atoms with Crippen LogP contribution in [0, 0.1) is 13.8 Å². The van der Waals surface area contributed by atoms with E-state index in [9.17, 15) is 9.59 Å². The summed E-state index contributed by atoms with van der Waals surface area (Å²) in [5.41, 5.74) is 3.88. The van der Waals surface area contributed by atoms with Crippen LogP contribution >= 0.6 is 0 Å². The molecule has 3 aromatic rings. The van der Waals surface area contributed by atoms with E-state index in [1.165, 1.54) is 0 Å². The first kappa shape index (κ1) is 20.4. The number of benzene rings is 3. The number of hydrogen-bond acceptors (Lipinski definition) is 5. The minimum atomic E-state index is -0.395. The number of allylic oxidation sites excluding steroid dienone is 1. The molecule has 5 nitrogen and oxygen atoms in total. The molecule has 156 valence electrons. The number of ether oxygens (including phenoxy) is 3. The Morgan fingerprint density at radius 1 is 1.03 bits per heavy atom. The fraction of sp³-hybridized carbons (Fsp3) is 0.154. The number of rotatable bonds is 5. The summed E-state index contributed by atoms with van der Waals surface area (Å²) in [6.07, 6.45) is 1.85. The maximum absolute atomic E-state index is 12.8. The first-order valence-corrected chi connectivity index (χ1v) is 9.92. The van der Waals surface area contributed by atoms with Crippen molar-refractivity contribution in [2.45, 2.75) is 20.3 Å². The predicted molar refractivity (Wildman–Crippen MR) is 118 cm³/mol. The van der Waals surface area contributed by atoms with Crippen LogP contribution in [0.4, 0.5) is 0 Å². The monoisotopic (exact) mass is 414 g/mol. The summed E-state index contributed by atoms with van der Waals surface area (Å²) in [5, 5.41) is 0. The number of ketones is 1. The molecule has 0 saturated heterocycles. The topological polar surface area (TPSA) is 61.8 Å². The number of aryl methyl sites for hydroxylation is 1. The minimum Gasteiger partial charge on any atom is -0.497 e. The molecule has 0 bridgehead atoms. The molecule has 0 N–H and O–H groups in total. The number of Topliss-reactive ketones (excluding diaryl/α,β-unsaturated/α-hetero) is 1. The van der Waals surface area contributed by atoms with Crippen LogP contribution in [0.1, 0.15) is 32.6 Å². The van der Waals surface area contributed by atoms with Crippen molar-refractivity contribution in [3.05, 3.63) is 94.2 Å². The van der Waals surface area contributed by atoms with Crippen molar-refractivity contribution in [2.24, 2.45) is 0 Å². The van der Waals surface area contributed by atoms with E-state index in [1.54, 1.807) is 44.4 Å². The summed E-state index contributed by atoms with van der Waals surface area (Å²) in [6.45, 7) is 3.77. The maximum Gasteiger partial charge on any atom is 0.315 e. The van der Waals surface area contributed by atoms with Gasteiger partial charge in [-0.3, -0.25) is 9.59 Å². The summed E-state index contributed by atoms with van der Waals surface area (Å²) in [7, 11) is 1.59. The van der Waals surface area contributed by atoms with Crippen molar-refractivity contribution < 1.29 is 23.8 Å². The van der Waals surface area contributed by atoms with E-state index in [-0.39, 0.29) is 18.0 Å². The van der Waals surface area contributed by atoms with Gasteiger partial charge in [0.15, 0.2) is 5.76 Å². The molecule has 0 unspecified atom stereocenters. The molecule has 0 aliphatic carbocycles. The van der Waals surface area contributed by atoms with Gasteiger partial charge in [0.1, 0.15) is 17.2 Å². The molecule has 31 heavy (non-hydrogen) atoms. The second-order valence-electron chi connectivity index (χ2n) is 7.42. The number of fused-ring (bicyclic) bond motifs is 1. The number of esters is 1. The first-order valence-electron chi connectivity index (χ1n) is 9.92. The van der Waals surface area contributed by atoms with Crippen LogP contribution in [0.5, 0.6) is 17.2 Å². The molecule has 0 spiro atoms. The third-order valence-electron chi connectivity index (χ3n) is 5.11. The minimum absolute atomic E-state index is 0.124. The summed E-state index contributed by atoms with van der Waals surface area (Å²) in [4.78, 5) is 25.2. The van der Waals surface area contributed by atoms with Gasteiger partial charge in [-0.1, -0.05) is 42.0 Å². The Labute approximate surface area is 180 Å². The smallest absolute Gasteiger partial charge is 0.315 e. The van der Waals surface area contributed by atoms with Crippen LogP contribution in [-0.4, -0.2) is 18.9 Å². The molecular weight excluding hydrogens is 392 g/mol. The van der Waals surface area contributed by atoms with Crippen molar-refractivity contribution in [3.8, 4) is 17.2 Å². The van der Waals surface area contributed by atoms with Gasteiger partial charge in [-0.25, -0.2) is 0 Å². The molecule has 5 heteroatoms. The zero-order valence-corrected chi connectivity index (χ0v) is 17.6. The SMILES string of the molecule is COc1ccc(CC(=O)Oc2ccc3c(c2C)O/C(=C\c2cccc(C)c2)C3=O)cc1. The fourth-order valence-electron chi connectivity index (χ4n) is 3.46. The molecule has 0 atom stereocenters. The summed E-state index contributed by atoms with van der Waals surface area (Å²) in [5.74, 6) is 1.21. The van der Waals surface area contributed by atoms with Crippen LogP contribution < -0.4 is 14.2 Å². The molecule has 0 fully saturated rings. The second-order valence-corrected chi connectivity index (χ2v) is 7.42. The highest BCUT2D eigenvalue weighted by Crippen LogP contribution is 2.39. The maximum atomic E-state index is 12.8. The summed E-state index contributed by atoms with van der Waals surface area (Å²) < 4.78 is 16.5. The van der Waals surface area contributed by atoms with E-state index >= 15 is 0 Å². The van der Waals surface area contributed by atoms with Crippen LogP contribution in [0.15, 0.2) is 66.4 Å². The zero-order valence-electron chi connectivity index (χ0n) is 17.6. The second kappa shape index (κ2) is 8.48. The standard InChI is InChI=1S/C26H22O5/c1-16-5-4-6-19(13-16)14-23-25(28)21-11-12-22(17(2)26(21)31-23)30-24(27)15-18-7-9-20(29-3)10-8-18/h4-14H,15H2,1-3H3/b23-14-. The highest BCUT2D eigenvalue weighted by Gasteiger charge is 2.30. The number of carbonyl (C=O) groups excluding carboxylic acids is 2. The van der Waals surface area contributed by atoms with Gasteiger partial charge in [-0.05, 0) is 55.3 Å². The molecule has 0 radical (unpaired) electrons. The van der Waals surface area contributed by atoms with Crippen molar-refractivity contribution in [1.29, 1.82) is 0 Å². The fourth-order valence-corrected chi connectivity index (χ4v) is 3.46. The van der Waals surface area contributed by atoms with E-state index in [4.69, 9.17) is 14.2 Å². The molecule has 4 rings (SSSR count). The Hall–Kier alpha value is -3.86. The van der Waals surface area contributed by atoms with Crippen LogP contribution in [0.3, 0.4) is 0 Å². The lowest BCUT2D eigenvalue weighted by molar-refractivity contribution is -0.133. The summed E-state index contributed by atoms with van der Waals surface area (Å²) >= 11 is 0. The molecular formula is C26H22O5. The molecule has 1 aliphatic heterocycles. The third kappa shape index (κ3) is 4.36. The molecule has 0 amide bonds. The Kier molecular flexibility index (Phi) is 5.58. The molecule has 0 saturated carbocycles. The highest BCUT2D eigenvalue weighted by atomic mass is 16.5. The Morgan fingerprint density at radius 3 is 2.52 bits per heavy atom. The van der Waals surface area contributed by atoms with Crippen molar-refractivity contribution in [3.63, 3.8) is 0 Å². The highest BCUT2D eigenvalue weighted by molar-refractivity contribution is 6.15. The predicted octanol–water partition coefficient (Wildman–Crippen LogP) is 5.08. The molecule has 0 aromatic heterocycles. The van der Waals surface area contributed by atoms with Gasteiger partial charge < -0.3 is 14.2 Å². The van der Waals surface area contributed by atoms with Crippen molar-refractivity contribution in [2.75, 3.05) is 7.11 Å². The lowest BCUT2D eigenvalue weighted by atomic mass is 10.1. The van der Waals surface area contributed by atoms with E-state index in [2.05, 4.69) is 0 Å². The average molecular weight is 414 g/mol. The Morgan fingerprint density at radius 2 is 1.81 bits per heavy atom. The number of hydrogen-bond donors (Lipinski definition) is 0. The molecule has 1 heterocycles. The summed E-state index contributed by atoms with van der Waals surface area (Å²) in [6, 6.07) is 18.3. The Bertz CT molecular complexity index is 1190. The van der Waals surface area contributed by atoms with Gasteiger partial charge in [0.2, 0.25) is 5.78 Å². The van der Waals surface area contributed by atoms with Crippen molar-refractivity contribution >= 4 is 17.8 Å². The van der Waals surface area contributed by atoms with Crippen molar-refractivity contribution in [1.82, 2.24) is 0 Å². The van der Waals surface area contributed by atoms with Gasteiger partial charge in [0.05, 0.1) is 19.1 Å². The quantitative estimate of drug-likeness (QED) is 0.331. The number of carbonyl (C=O) groups is 2. The lowest BCUT2D eigenvalue weighted by Gasteiger charge is -2.10. The molecule has 1 aliphatic rings. The van der Waals surface area contributed by atoms with Crippen LogP contribution in [-0.2, 0) is 11.2 Å². The van der Waals surface area contributed by atoms with Crippen LogP contribution in [0.2, 0.25) is 0 Å². The normalized spacial score (nSPS) is 13.6. The van der Waals surface area contributed by atoms with Gasteiger partial charge >= 0.3 is 5.97 Å². The van der Waals surface area contributed by atoms with E-state index in [0.717, 1.165) is 22.4 Å². The Balaban J connectivity index is 1.52. The third-order valence-corrected chi connectivity index (χ3v) is 5.11. The van der Waals surface area contributed by atoms with E-state index in [1.807, 2.05) is 43.3 Å². The van der Waals surface area contributed by atoms with E-state index in [0.29, 0.717) is 22.6 Å². The lowest BCUT2D eigenvalue weighted by Crippen LogP contribution is -2.12. The van der Waals surface area contributed by atoms with Gasteiger partial charge in [-0.15, -0.1) is 0 Å². The van der Waals surface area contributed by atoms with Gasteiger partial charge in [0.25, 0.3) is 0 Å². The van der Waals surface area contributed by atoms with Crippen LogP contribution in [0.25, 0.3) is 6.08 Å². The van der Waals surface area contributed by atoms with E-state index < -0.39 is 5.97 Å². The molecule has 3 aromatic carbocycles. The zero-order chi connectivity index (χ0) is 22.0. The number of methoxy groups -OCH3 is 1. The largest absolute Gasteiger partial charge is 0.497 e.